The number of carbonyl (C=O) groups is 6. The van der Waals surface area contributed by atoms with E-state index >= 15 is 0 Å². The van der Waals surface area contributed by atoms with Gasteiger partial charge in [-0.1, -0.05) is 29.8 Å². The number of guanidine groups is 1. The molecule has 0 heterocycles. The summed E-state index contributed by atoms with van der Waals surface area (Å²) >= 11 is 6.58. The molecule has 0 radical (unpaired) electrons. The number of esters is 3. The number of hydrogen-bond acceptors (Lipinski definition) is 11. The van der Waals surface area contributed by atoms with Gasteiger partial charge in [-0.25, -0.2) is 19.2 Å². The van der Waals surface area contributed by atoms with Crippen molar-refractivity contribution in [3.8, 4) is 5.75 Å². The summed E-state index contributed by atoms with van der Waals surface area (Å²) in [6.45, 7) is 20.4. The number of alkyl carbamates (subject to hydrolysis) is 1. The first-order valence-electron chi connectivity index (χ1n) is 19.6. The van der Waals surface area contributed by atoms with Crippen LogP contribution in [0, 0.1) is 0 Å². The van der Waals surface area contributed by atoms with E-state index in [9.17, 15) is 28.8 Å². The molecule has 16 heteroatoms. The highest BCUT2D eigenvalue weighted by Crippen LogP contribution is 2.26. The molecule has 0 unspecified atom stereocenters. The first-order valence-corrected chi connectivity index (χ1v) is 19.9. The number of nitrogens with zero attached hydrogens (tertiary/aromatic N) is 2. The largest absolute Gasteiger partial charge is 0.459 e. The summed E-state index contributed by atoms with van der Waals surface area (Å²) < 4.78 is 27.0. The van der Waals surface area contributed by atoms with Crippen molar-refractivity contribution in [1.82, 2.24) is 10.2 Å². The Bertz CT molecular complexity index is 2090. The van der Waals surface area contributed by atoms with Crippen LogP contribution in [0.5, 0.6) is 5.75 Å². The number of aliphatic imine (C=N–C) groups is 1. The topological polar surface area (TPSA) is 188 Å². The highest BCUT2D eigenvalue weighted by molar-refractivity contribution is 6.31. The van der Waals surface area contributed by atoms with Crippen molar-refractivity contribution in [3.05, 3.63) is 94.0 Å². The van der Waals surface area contributed by atoms with Crippen LogP contribution < -0.4 is 15.4 Å². The van der Waals surface area contributed by atoms with Crippen molar-refractivity contribution in [2.75, 3.05) is 11.9 Å². The van der Waals surface area contributed by atoms with Gasteiger partial charge in [0.2, 0.25) is 11.9 Å². The molecule has 3 amide bonds. The summed E-state index contributed by atoms with van der Waals surface area (Å²) in [5.41, 5.74) is -0.893. The first kappa shape index (κ1) is 49.4. The lowest BCUT2D eigenvalue weighted by Crippen LogP contribution is -2.40. The maximum Gasteiger partial charge on any atom is 0.437 e. The second kappa shape index (κ2) is 20.5. The fraction of sp³-hybridized carbons (Fsp3) is 0.444. The van der Waals surface area contributed by atoms with E-state index in [0.717, 1.165) is 0 Å². The minimum Gasteiger partial charge on any atom is -0.459 e. The lowest BCUT2D eigenvalue weighted by atomic mass is 10.1. The van der Waals surface area contributed by atoms with Crippen LogP contribution in [-0.4, -0.2) is 75.8 Å². The summed E-state index contributed by atoms with van der Waals surface area (Å²) in [7, 11) is 0. The molecule has 0 saturated heterocycles. The Hall–Kier alpha value is -5.96. The van der Waals surface area contributed by atoms with E-state index in [-0.39, 0.29) is 54.1 Å². The van der Waals surface area contributed by atoms with Crippen LogP contribution in [0.25, 0.3) is 0 Å². The molecule has 0 aliphatic heterocycles. The van der Waals surface area contributed by atoms with Gasteiger partial charge in [0.25, 0.3) is 0 Å². The van der Waals surface area contributed by atoms with Crippen LogP contribution in [0.1, 0.15) is 121 Å². The number of rotatable bonds is 11. The maximum atomic E-state index is 13.6. The average molecular weight is 865 g/mol. The highest BCUT2D eigenvalue weighted by atomic mass is 35.5. The average Bonchev–Trinajstić information content (AvgIpc) is 3.08. The van der Waals surface area contributed by atoms with Gasteiger partial charge >= 0.3 is 30.1 Å². The third-order valence-electron chi connectivity index (χ3n) is 7.50. The van der Waals surface area contributed by atoms with Gasteiger partial charge in [-0.05, 0) is 149 Å². The Kier molecular flexibility index (Phi) is 16.6. The molecule has 3 aromatic rings. The first-order chi connectivity index (χ1) is 28.0. The van der Waals surface area contributed by atoms with E-state index in [1.165, 1.54) is 35.2 Å². The molecular formula is C45H57ClN4O11. The Morgan fingerprint density at radius 2 is 1.20 bits per heavy atom. The van der Waals surface area contributed by atoms with Crippen molar-refractivity contribution in [1.29, 1.82) is 0 Å². The number of hydrogen-bond donors (Lipinski definition) is 2. The SMILES string of the molecule is CC(C)(C)OC(=O)CN(Cc1ccc(C(=O)OC(C)(C)C)cc1)C(=O)CCc1ccc(OC(=O)c2ccc(N/C(=N\C(=O)OC(C)(C)C)NC(=O)OC(C)(C)C)cc2)cc1Cl. The molecule has 0 aliphatic rings. The van der Waals surface area contributed by atoms with Gasteiger partial charge in [0.1, 0.15) is 34.7 Å². The number of aryl methyl sites for hydroxylation is 1. The second-order valence-electron chi connectivity index (χ2n) is 17.9. The Morgan fingerprint density at radius 3 is 1.74 bits per heavy atom. The lowest BCUT2D eigenvalue weighted by molar-refractivity contribution is -0.159. The third-order valence-corrected chi connectivity index (χ3v) is 7.85. The maximum absolute atomic E-state index is 13.6. The smallest absolute Gasteiger partial charge is 0.437 e. The molecule has 15 nitrogen and oxygen atoms in total. The van der Waals surface area contributed by atoms with Gasteiger partial charge in [-0.15, -0.1) is 4.99 Å². The van der Waals surface area contributed by atoms with Crippen LogP contribution in [0.15, 0.2) is 71.7 Å². The number of anilines is 1. The molecule has 2 N–H and O–H groups in total. The van der Waals surface area contributed by atoms with Gasteiger partial charge in [-0.3, -0.25) is 14.9 Å². The molecule has 0 saturated carbocycles. The predicted octanol–water partition coefficient (Wildman–Crippen LogP) is 9.05. The number of carbonyl (C=O) groups excluding carboxylic acids is 6. The van der Waals surface area contributed by atoms with Crippen molar-refractivity contribution >= 4 is 59.2 Å². The van der Waals surface area contributed by atoms with Gasteiger partial charge in [-0.2, -0.15) is 0 Å². The van der Waals surface area contributed by atoms with Gasteiger partial charge in [0.15, 0.2) is 0 Å². The van der Waals surface area contributed by atoms with Crippen molar-refractivity contribution in [2.24, 2.45) is 4.99 Å². The zero-order chi connectivity index (χ0) is 45.9. The van der Waals surface area contributed by atoms with Gasteiger partial charge in [0, 0.05) is 23.7 Å². The zero-order valence-corrected chi connectivity index (χ0v) is 37.7. The van der Waals surface area contributed by atoms with Gasteiger partial charge in [0.05, 0.1) is 11.1 Å². The minimum absolute atomic E-state index is 0.00445. The molecule has 0 aromatic heterocycles. The van der Waals surface area contributed by atoms with Gasteiger partial charge < -0.3 is 33.9 Å². The van der Waals surface area contributed by atoms with E-state index in [4.69, 9.17) is 35.3 Å². The molecule has 0 atom stereocenters. The van der Waals surface area contributed by atoms with E-state index in [1.807, 2.05) is 0 Å². The molecule has 0 aliphatic carbocycles. The molecule has 330 valence electrons. The second-order valence-corrected chi connectivity index (χ2v) is 18.4. The predicted molar refractivity (Wildman–Crippen MR) is 231 cm³/mol. The number of halogens is 1. The summed E-state index contributed by atoms with van der Waals surface area (Å²) in [5.74, 6) is -2.20. The van der Waals surface area contributed by atoms with Crippen LogP contribution in [0.2, 0.25) is 5.02 Å². The quantitative estimate of drug-likeness (QED) is 0.0613. The molecule has 0 fully saturated rings. The third kappa shape index (κ3) is 18.9. The van der Waals surface area contributed by atoms with Crippen molar-refractivity contribution < 1.29 is 52.5 Å². The Labute approximate surface area is 362 Å². The molecule has 0 spiro atoms. The molecule has 0 bridgehead atoms. The Morgan fingerprint density at radius 1 is 0.656 bits per heavy atom. The zero-order valence-electron chi connectivity index (χ0n) is 36.9. The number of ether oxygens (including phenoxy) is 5. The van der Waals surface area contributed by atoms with Crippen LogP contribution in [-0.2, 0) is 41.5 Å². The lowest BCUT2D eigenvalue weighted by Gasteiger charge is -2.25. The summed E-state index contributed by atoms with van der Waals surface area (Å²) in [6, 6.07) is 17.2. The van der Waals surface area contributed by atoms with E-state index in [1.54, 1.807) is 119 Å². The number of amides is 3. The number of benzene rings is 3. The summed E-state index contributed by atoms with van der Waals surface area (Å²) in [4.78, 5) is 82.0. The Balaban J connectivity index is 1.68. The minimum atomic E-state index is -0.955. The summed E-state index contributed by atoms with van der Waals surface area (Å²) in [6.07, 6.45) is -1.61. The molecule has 3 rings (SSSR count). The van der Waals surface area contributed by atoms with Crippen LogP contribution in [0.4, 0.5) is 15.3 Å². The molecule has 61 heavy (non-hydrogen) atoms. The monoisotopic (exact) mass is 864 g/mol. The van der Waals surface area contributed by atoms with E-state index in [0.29, 0.717) is 22.4 Å². The molecular weight excluding hydrogens is 808 g/mol. The fourth-order valence-corrected chi connectivity index (χ4v) is 5.38. The number of nitrogens with one attached hydrogen (secondary N) is 2. The van der Waals surface area contributed by atoms with Crippen molar-refractivity contribution in [2.45, 2.75) is 125 Å². The fourth-order valence-electron chi connectivity index (χ4n) is 5.12. The summed E-state index contributed by atoms with van der Waals surface area (Å²) in [5, 5.41) is 5.46. The normalized spacial score (nSPS) is 12.1. The van der Waals surface area contributed by atoms with Crippen molar-refractivity contribution in [3.63, 3.8) is 0 Å². The standard InChI is InChI=1S/C45H57ClN4O11/c1-42(2,3)58-36(52)27-50(26-28-13-15-31(16-14-28)38(54)59-43(4,5)6)35(51)24-20-29-19-23-33(25-34(29)46)57-37(53)30-17-21-32(22-18-30)47-39(48-40(55)60-44(7,8)9)49-41(56)61-45(10,11)12/h13-19,21-23,25H,20,24,26-27H2,1-12H3,(H2,47,48,49,55,56). The highest BCUT2D eigenvalue weighted by Gasteiger charge is 2.25. The van der Waals surface area contributed by atoms with E-state index in [2.05, 4.69) is 15.6 Å². The van der Waals surface area contributed by atoms with E-state index < -0.39 is 52.5 Å². The van der Waals surface area contributed by atoms with Crippen LogP contribution >= 0.6 is 11.6 Å². The van der Waals surface area contributed by atoms with Crippen LogP contribution in [0.3, 0.4) is 0 Å². The molecule has 3 aromatic carbocycles.